The summed E-state index contributed by atoms with van der Waals surface area (Å²) in [5, 5.41) is 0. The van der Waals surface area contributed by atoms with Gasteiger partial charge in [-0.25, -0.2) is 4.98 Å². The number of rotatable bonds is 5. The Morgan fingerprint density at radius 2 is 2.26 bits per heavy atom. The fraction of sp³-hybridized carbons (Fsp3) is 0.643. The van der Waals surface area contributed by atoms with Crippen LogP contribution in [0.3, 0.4) is 0 Å². The molecule has 0 aliphatic carbocycles. The number of ether oxygens (including phenoxy) is 2. The maximum absolute atomic E-state index is 5.88. The first kappa shape index (κ1) is 14.2. The van der Waals surface area contributed by atoms with E-state index in [-0.39, 0.29) is 0 Å². The quantitative estimate of drug-likeness (QED) is 0.861. The van der Waals surface area contributed by atoms with Crippen molar-refractivity contribution in [2.45, 2.75) is 31.5 Å². The van der Waals surface area contributed by atoms with Gasteiger partial charge in [0.05, 0.1) is 13.2 Å². The molecule has 2 heterocycles. The van der Waals surface area contributed by atoms with Crippen molar-refractivity contribution < 1.29 is 9.47 Å². The van der Waals surface area contributed by atoms with Crippen LogP contribution >= 0.6 is 0 Å². The van der Waals surface area contributed by atoms with Gasteiger partial charge in [-0.3, -0.25) is 4.90 Å². The first-order chi connectivity index (χ1) is 9.26. The summed E-state index contributed by atoms with van der Waals surface area (Å²) >= 11 is 0. The Balaban J connectivity index is 1.96. The summed E-state index contributed by atoms with van der Waals surface area (Å²) in [4.78, 5) is 6.66. The number of nitrogens with two attached hydrogens (primary N) is 1. The molecule has 0 bridgehead atoms. The third-order valence-electron chi connectivity index (χ3n) is 3.79. The van der Waals surface area contributed by atoms with Crippen LogP contribution in [0, 0.1) is 0 Å². The second-order valence-electron chi connectivity index (χ2n) is 4.95. The molecule has 2 N–H and O–H groups in total. The monoisotopic (exact) mass is 265 g/mol. The van der Waals surface area contributed by atoms with Crippen molar-refractivity contribution in [1.82, 2.24) is 9.88 Å². The van der Waals surface area contributed by atoms with Gasteiger partial charge in [0.15, 0.2) is 0 Å². The third-order valence-corrected chi connectivity index (χ3v) is 3.79. The molecule has 0 aromatic carbocycles. The van der Waals surface area contributed by atoms with Gasteiger partial charge < -0.3 is 15.2 Å². The summed E-state index contributed by atoms with van der Waals surface area (Å²) in [6.45, 7) is 2.57. The first-order valence-electron chi connectivity index (χ1n) is 6.72. The van der Waals surface area contributed by atoms with Crippen LogP contribution in [0.1, 0.15) is 18.4 Å². The van der Waals surface area contributed by atoms with E-state index in [1.807, 2.05) is 12.3 Å². The highest BCUT2D eigenvalue weighted by Crippen LogP contribution is 2.21. The van der Waals surface area contributed by atoms with Crippen LogP contribution in [0.4, 0.5) is 0 Å². The van der Waals surface area contributed by atoms with Gasteiger partial charge in [-0.15, -0.1) is 0 Å². The van der Waals surface area contributed by atoms with E-state index in [2.05, 4.69) is 16.0 Å². The van der Waals surface area contributed by atoms with Crippen molar-refractivity contribution in [2.24, 2.45) is 5.73 Å². The van der Waals surface area contributed by atoms with Crippen LogP contribution in [-0.2, 0) is 11.3 Å². The van der Waals surface area contributed by atoms with Crippen molar-refractivity contribution in [3.63, 3.8) is 0 Å². The summed E-state index contributed by atoms with van der Waals surface area (Å²) < 4.78 is 10.5. The second kappa shape index (κ2) is 6.84. The summed E-state index contributed by atoms with van der Waals surface area (Å²) in [7, 11) is 3.41. The average Bonchev–Trinajstić information content (AvgIpc) is 2.48. The molecule has 1 aromatic rings. The molecule has 1 aromatic heterocycles. The third kappa shape index (κ3) is 3.65. The van der Waals surface area contributed by atoms with E-state index >= 15 is 0 Å². The number of hydrogen-bond acceptors (Lipinski definition) is 5. The van der Waals surface area contributed by atoms with E-state index in [0.717, 1.165) is 25.9 Å². The minimum absolute atomic E-state index is 0.346. The summed E-state index contributed by atoms with van der Waals surface area (Å²) in [6, 6.07) is 4.34. The number of piperidine rings is 1. The van der Waals surface area contributed by atoms with E-state index in [4.69, 9.17) is 15.2 Å². The standard InChI is InChI=1S/C14H23N3O2/c1-18-13-5-6-17(12(7-13)8-15)10-11-3-4-14(19-2)16-9-11/h3-4,9,12-13H,5-8,10,15H2,1-2H3. The Hall–Kier alpha value is -1.17. The average molecular weight is 265 g/mol. The number of nitrogens with zero attached hydrogens (tertiary/aromatic N) is 2. The van der Waals surface area contributed by atoms with Gasteiger partial charge in [0.1, 0.15) is 0 Å². The second-order valence-corrected chi connectivity index (χ2v) is 4.95. The van der Waals surface area contributed by atoms with Crippen LogP contribution < -0.4 is 10.5 Å². The van der Waals surface area contributed by atoms with Crippen molar-refractivity contribution in [2.75, 3.05) is 27.3 Å². The molecule has 1 aliphatic rings. The SMILES string of the molecule is COc1ccc(CN2CCC(OC)CC2CN)cn1. The van der Waals surface area contributed by atoms with Crippen LogP contribution in [0.25, 0.3) is 0 Å². The van der Waals surface area contributed by atoms with Gasteiger partial charge in [-0.2, -0.15) is 0 Å². The largest absolute Gasteiger partial charge is 0.481 e. The highest BCUT2D eigenvalue weighted by Gasteiger charge is 2.27. The minimum atomic E-state index is 0.346. The Labute approximate surface area is 114 Å². The van der Waals surface area contributed by atoms with Crippen molar-refractivity contribution in [3.8, 4) is 5.88 Å². The molecule has 0 radical (unpaired) electrons. The molecule has 1 aliphatic heterocycles. The smallest absolute Gasteiger partial charge is 0.212 e. The van der Waals surface area contributed by atoms with Gasteiger partial charge >= 0.3 is 0 Å². The molecule has 2 atom stereocenters. The minimum Gasteiger partial charge on any atom is -0.481 e. The van der Waals surface area contributed by atoms with Crippen molar-refractivity contribution in [1.29, 1.82) is 0 Å². The molecular weight excluding hydrogens is 242 g/mol. The summed E-state index contributed by atoms with van der Waals surface area (Å²) in [5.74, 6) is 0.650. The zero-order valence-electron chi connectivity index (χ0n) is 11.7. The number of likely N-dealkylation sites (tertiary alicyclic amines) is 1. The first-order valence-corrected chi connectivity index (χ1v) is 6.72. The van der Waals surface area contributed by atoms with Gasteiger partial charge in [0, 0.05) is 45.0 Å². The molecule has 0 amide bonds. The van der Waals surface area contributed by atoms with Crippen LogP contribution in [0.5, 0.6) is 5.88 Å². The predicted octanol–water partition coefficient (Wildman–Crippen LogP) is 1.03. The van der Waals surface area contributed by atoms with E-state index in [1.54, 1.807) is 14.2 Å². The maximum atomic E-state index is 5.88. The lowest BCUT2D eigenvalue weighted by molar-refractivity contribution is 0.0102. The van der Waals surface area contributed by atoms with Crippen LogP contribution in [0.15, 0.2) is 18.3 Å². The molecule has 1 saturated heterocycles. The molecule has 5 heteroatoms. The van der Waals surface area contributed by atoms with Crippen LogP contribution in [0.2, 0.25) is 0 Å². The molecule has 2 unspecified atom stereocenters. The Morgan fingerprint density at radius 1 is 1.42 bits per heavy atom. The number of methoxy groups -OCH3 is 2. The van der Waals surface area contributed by atoms with Crippen LogP contribution in [-0.4, -0.2) is 49.3 Å². The van der Waals surface area contributed by atoms with E-state index in [1.165, 1.54) is 5.56 Å². The molecule has 19 heavy (non-hydrogen) atoms. The Kier molecular flexibility index (Phi) is 5.13. The highest BCUT2D eigenvalue weighted by molar-refractivity contribution is 5.17. The topological polar surface area (TPSA) is 60.6 Å². The van der Waals surface area contributed by atoms with E-state index < -0.39 is 0 Å². The fourth-order valence-electron chi connectivity index (χ4n) is 2.59. The highest BCUT2D eigenvalue weighted by atomic mass is 16.5. The molecule has 106 valence electrons. The van der Waals surface area contributed by atoms with Gasteiger partial charge in [0.2, 0.25) is 5.88 Å². The lowest BCUT2D eigenvalue weighted by Gasteiger charge is -2.38. The zero-order chi connectivity index (χ0) is 13.7. The number of hydrogen-bond donors (Lipinski definition) is 1. The Morgan fingerprint density at radius 3 is 2.84 bits per heavy atom. The summed E-state index contributed by atoms with van der Waals surface area (Å²) in [6.07, 6.45) is 4.29. The van der Waals surface area contributed by atoms with E-state index in [0.29, 0.717) is 24.6 Å². The zero-order valence-corrected chi connectivity index (χ0v) is 11.7. The fourth-order valence-corrected chi connectivity index (χ4v) is 2.59. The number of pyridine rings is 1. The van der Waals surface area contributed by atoms with Crippen molar-refractivity contribution in [3.05, 3.63) is 23.9 Å². The lowest BCUT2D eigenvalue weighted by atomic mass is 9.98. The van der Waals surface area contributed by atoms with Crippen molar-refractivity contribution >= 4 is 0 Å². The molecular formula is C14H23N3O2. The summed E-state index contributed by atoms with van der Waals surface area (Å²) in [5.41, 5.74) is 7.07. The molecule has 5 nitrogen and oxygen atoms in total. The normalized spacial score (nSPS) is 24.4. The number of aromatic nitrogens is 1. The van der Waals surface area contributed by atoms with Gasteiger partial charge in [-0.1, -0.05) is 6.07 Å². The van der Waals surface area contributed by atoms with Gasteiger partial charge in [-0.05, 0) is 18.4 Å². The molecule has 1 fully saturated rings. The molecule has 2 rings (SSSR count). The maximum Gasteiger partial charge on any atom is 0.212 e. The van der Waals surface area contributed by atoms with Gasteiger partial charge in [0.25, 0.3) is 0 Å². The van der Waals surface area contributed by atoms with E-state index in [9.17, 15) is 0 Å². The lowest BCUT2D eigenvalue weighted by Crippen LogP contribution is -2.47. The molecule has 0 spiro atoms. The predicted molar refractivity (Wildman–Crippen MR) is 74.1 cm³/mol. The molecule has 0 saturated carbocycles. The Bertz CT molecular complexity index is 383.